The first-order valence-electron chi connectivity index (χ1n) is 11.9. The lowest BCUT2D eigenvalue weighted by molar-refractivity contribution is -0.137. The van der Waals surface area contributed by atoms with Crippen molar-refractivity contribution >= 4 is 23.4 Å². The molecule has 0 saturated heterocycles. The first-order chi connectivity index (χ1) is 16.2. The number of nitrogens with one attached hydrogen (secondary N) is 1. The smallest absolute Gasteiger partial charge is 0.325 e. The quantitative estimate of drug-likeness (QED) is 0.366. The van der Waals surface area contributed by atoms with Gasteiger partial charge in [-0.05, 0) is 73.8 Å². The average molecular weight is 491 g/mol. The number of amides is 1. The number of hydrogen-bond acceptors (Lipinski definition) is 4. The van der Waals surface area contributed by atoms with Gasteiger partial charge in [-0.3, -0.25) is 4.79 Å². The Morgan fingerprint density at radius 3 is 2.41 bits per heavy atom. The number of carbonyl (C=O) groups is 1. The Hall–Kier alpha value is -2.29. The maximum Gasteiger partial charge on any atom is 0.418 e. The zero-order valence-electron chi connectivity index (χ0n) is 19.0. The monoisotopic (exact) mass is 490 g/mol. The highest BCUT2D eigenvalue weighted by molar-refractivity contribution is 7.99. The lowest BCUT2D eigenvalue weighted by atomic mass is 9.49. The normalized spacial score (nSPS) is 27.7. The second-order valence-corrected chi connectivity index (χ2v) is 11.2. The van der Waals surface area contributed by atoms with Crippen molar-refractivity contribution in [3.05, 3.63) is 48.3 Å². The van der Waals surface area contributed by atoms with E-state index in [1.165, 1.54) is 68.5 Å². The van der Waals surface area contributed by atoms with E-state index in [-0.39, 0.29) is 11.4 Å². The van der Waals surface area contributed by atoms with E-state index in [9.17, 15) is 18.0 Å². The highest BCUT2D eigenvalue weighted by Gasteiger charge is 2.51. The third-order valence-corrected chi connectivity index (χ3v) is 8.61. The number of para-hydroxylation sites is 1. The summed E-state index contributed by atoms with van der Waals surface area (Å²) >= 11 is 1.19. The summed E-state index contributed by atoms with van der Waals surface area (Å²) in [5.41, 5.74) is -0.793. The molecule has 1 aromatic heterocycles. The number of hydrogen-bond donors (Lipinski definition) is 1. The summed E-state index contributed by atoms with van der Waals surface area (Å²) in [5.74, 6) is 2.89. The van der Waals surface area contributed by atoms with Crippen LogP contribution in [0, 0.1) is 23.2 Å². The van der Waals surface area contributed by atoms with E-state index in [1.807, 2.05) is 4.57 Å². The molecule has 2 aromatic rings. The lowest BCUT2D eigenvalue weighted by Gasteiger charge is -2.56. The molecular weight excluding hydrogens is 461 g/mol. The molecule has 182 valence electrons. The van der Waals surface area contributed by atoms with Crippen molar-refractivity contribution in [1.29, 1.82) is 0 Å². The number of thioether (sulfide) groups is 1. The van der Waals surface area contributed by atoms with Crippen molar-refractivity contribution in [2.45, 2.75) is 62.8 Å². The van der Waals surface area contributed by atoms with Gasteiger partial charge >= 0.3 is 6.18 Å². The molecule has 1 N–H and O–H groups in total. The standard InChI is InChI=1S/C25H29F3N4OS/c1-2-7-32-21(14-24-11-16-8-17(12-24)10-18(9-16)13-24)30-31-23(32)34-15-22(33)29-20-6-4-3-5-19(20)25(26,27)28/h2-6,16-18H,1,7-15H2,(H,29,33). The van der Waals surface area contributed by atoms with Gasteiger partial charge in [0.05, 0.1) is 17.0 Å². The predicted molar refractivity (Wildman–Crippen MR) is 125 cm³/mol. The Bertz CT molecular complexity index is 1050. The number of carbonyl (C=O) groups excluding carboxylic acids is 1. The molecule has 0 radical (unpaired) electrons. The van der Waals surface area contributed by atoms with Crippen LogP contribution < -0.4 is 5.32 Å². The minimum absolute atomic E-state index is 0.0567. The van der Waals surface area contributed by atoms with Crippen LogP contribution in [0.15, 0.2) is 42.1 Å². The van der Waals surface area contributed by atoms with Crippen molar-refractivity contribution in [2.24, 2.45) is 23.2 Å². The number of anilines is 1. The number of alkyl halides is 3. The molecule has 1 aromatic carbocycles. The molecule has 6 rings (SSSR count). The zero-order chi connectivity index (χ0) is 23.9. The van der Waals surface area contributed by atoms with Crippen molar-refractivity contribution < 1.29 is 18.0 Å². The maximum atomic E-state index is 13.2. The molecule has 4 saturated carbocycles. The fraction of sp³-hybridized carbons (Fsp3) is 0.560. The molecule has 0 spiro atoms. The number of rotatable bonds is 8. The van der Waals surface area contributed by atoms with E-state index < -0.39 is 17.6 Å². The van der Waals surface area contributed by atoms with Gasteiger partial charge in [0, 0.05) is 13.0 Å². The number of allylic oxidation sites excluding steroid dienone is 1. The Kier molecular flexibility index (Phi) is 6.25. The van der Waals surface area contributed by atoms with Gasteiger partial charge in [0.1, 0.15) is 5.82 Å². The van der Waals surface area contributed by atoms with Crippen molar-refractivity contribution in [3.63, 3.8) is 0 Å². The summed E-state index contributed by atoms with van der Waals surface area (Å²) in [4.78, 5) is 12.5. The van der Waals surface area contributed by atoms with Crippen molar-refractivity contribution in [2.75, 3.05) is 11.1 Å². The minimum atomic E-state index is -4.53. The number of halogens is 3. The number of aromatic nitrogens is 3. The molecule has 4 aliphatic rings. The Morgan fingerprint density at radius 2 is 1.79 bits per heavy atom. The van der Waals surface area contributed by atoms with Crippen LogP contribution in [0.2, 0.25) is 0 Å². The van der Waals surface area contributed by atoms with Gasteiger partial charge in [-0.1, -0.05) is 30.0 Å². The molecular formula is C25H29F3N4OS. The number of benzene rings is 1. The largest absolute Gasteiger partial charge is 0.418 e. The summed E-state index contributed by atoms with van der Waals surface area (Å²) < 4.78 is 41.6. The van der Waals surface area contributed by atoms with Crippen LogP contribution in [0.25, 0.3) is 0 Å². The topological polar surface area (TPSA) is 59.8 Å². The summed E-state index contributed by atoms with van der Waals surface area (Å²) in [7, 11) is 0. The van der Waals surface area contributed by atoms with Gasteiger partial charge in [-0.25, -0.2) is 0 Å². The van der Waals surface area contributed by atoms with Crippen LogP contribution >= 0.6 is 11.8 Å². The van der Waals surface area contributed by atoms with E-state index in [4.69, 9.17) is 0 Å². The molecule has 1 heterocycles. The molecule has 0 atom stereocenters. The maximum absolute atomic E-state index is 13.2. The number of nitrogens with zero attached hydrogens (tertiary/aromatic N) is 3. The fourth-order valence-corrected chi connectivity index (χ4v) is 7.63. The predicted octanol–water partition coefficient (Wildman–Crippen LogP) is 5.97. The molecule has 5 nitrogen and oxygen atoms in total. The molecule has 0 unspecified atom stereocenters. The van der Waals surface area contributed by atoms with Gasteiger partial charge in [-0.15, -0.1) is 16.8 Å². The minimum Gasteiger partial charge on any atom is -0.325 e. The van der Waals surface area contributed by atoms with Crippen LogP contribution in [0.5, 0.6) is 0 Å². The van der Waals surface area contributed by atoms with Crippen LogP contribution in [-0.4, -0.2) is 26.4 Å². The van der Waals surface area contributed by atoms with Crippen LogP contribution in [0.3, 0.4) is 0 Å². The second kappa shape index (κ2) is 9.06. The molecule has 4 bridgehead atoms. The van der Waals surface area contributed by atoms with E-state index >= 15 is 0 Å². The Balaban J connectivity index is 1.26. The Labute approximate surface area is 201 Å². The van der Waals surface area contributed by atoms with Crippen molar-refractivity contribution in [3.8, 4) is 0 Å². The third kappa shape index (κ3) is 4.76. The van der Waals surface area contributed by atoms with E-state index in [0.29, 0.717) is 17.1 Å². The van der Waals surface area contributed by atoms with Gasteiger partial charge in [0.2, 0.25) is 5.91 Å². The van der Waals surface area contributed by atoms with Crippen molar-refractivity contribution in [1.82, 2.24) is 14.8 Å². The molecule has 4 aliphatic carbocycles. The first-order valence-corrected chi connectivity index (χ1v) is 12.8. The zero-order valence-corrected chi connectivity index (χ0v) is 19.8. The lowest BCUT2D eigenvalue weighted by Crippen LogP contribution is -2.47. The van der Waals surface area contributed by atoms with Crippen LogP contribution in [0.4, 0.5) is 18.9 Å². The highest BCUT2D eigenvalue weighted by atomic mass is 32.2. The highest BCUT2D eigenvalue weighted by Crippen LogP contribution is 2.61. The van der Waals surface area contributed by atoms with Gasteiger partial charge < -0.3 is 9.88 Å². The summed E-state index contributed by atoms with van der Waals surface area (Å²) in [5, 5.41) is 11.8. The van der Waals surface area contributed by atoms with Gasteiger partial charge in [0.25, 0.3) is 0 Å². The molecule has 9 heteroatoms. The SMILES string of the molecule is C=CCn1c(CC23CC4CC(CC(C4)C2)C3)nnc1SCC(=O)Nc1ccccc1C(F)(F)F. The van der Waals surface area contributed by atoms with E-state index in [1.54, 1.807) is 6.08 Å². The summed E-state index contributed by atoms with van der Waals surface area (Å²) in [6, 6.07) is 4.99. The van der Waals surface area contributed by atoms with Crippen LogP contribution in [0.1, 0.15) is 49.9 Å². The summed E-state index contributed by atoms with van der Waals surface area (Å²) in [6.07, 6.45) is 6.09. The Morgan fingerprint density at radius 1 is 1.15 bits per heavy atom. The average Bonchev–Trinajstić information content (AvgIpc) is 3.12. The van der Waals surface area contributed by atoms with E-state index in [0.717, 1.165) is 36.1 Å². The van der Waals surface area contributed by atoms with Gasteiger partial charge in [-0.2, -0.15) is 13.2 Å². The first kappa shape index (κ1) is 23.5. The second-order valence-electron chi connectivity index (χ2n) is 10.3. The molecule has 0 aliphatic heterocycles. The van der Waals surface area contributed by atoms with Crippen LogP contribution in [-0.2, 0) is 23.9 Å². The molecule has 1 amide bonds. The molecule has 4 fully saturated rings. The fourth-order valence-electron chi connectivity index (χ4n) is 6.87. The molecule has 34 heavy (non-hydrogen) atoms. The van der Waals surface area contributed by atoms with E-state index in [2.05, 4.69) is 22.1 Å². The summed E-state index contributed by atoms with van der Waals surface area (Å²) in [6.45, 7) is 4.39. The van der Waals surface area contributed by atoms with Gasteiger partial charge in [0.15, 0.2) is 5.16 Å². The third-order valence-electron chi connectivity index (χ3n) is 7.64.